The summed E-state index contributed by atoms with van der Waals surface area (Å²) in [6, 6.07) is 65.6. The Balaban J connectivity index is 1.10. The third kappa shape index (κ3) is 5.21. The fourth-order valence-electron chi connectivity index (χ4n) is 9.55. The van der Waals surface area contributed by atoms with Gasteiger partial charge in [0.1, 0.15) is 22.3 Å². The summed E-state index contributed by atoms with van der Waals surface area (Å²) in [4.78, 5) is 0. The molecule has 0 aliphatic carbocycles. The lowest BCUT2D eigenvalue weighted by Gasteiger charge is -2.18. The van der Waals surface area contributed by atoms with Crippen molar-refractivity contribution >= 4 is 55.3 Å². The Labute approximate surface area is 341 Å². The van der Waals surface area contributed by atoms with Crippen LogP contribution in [0, 0.1) is 13.8 Å². The lowest BCUT2D eigenvalue weighted by Crippen LogP contribution is -1.95. The fraction of sp³-hybridized carbons (Fsp3) is 0.0357. The molecule has 59 heavy (non-hydrogen) atoms. The van der Waals surface area contributed by atoms with Gasteiger partial charge in [-0.05, 0) is 135 Å². The quantitative estimate of drug-likeness (QED) is 0.194. The number of hydrogen-bond donors (Lipinski definition) is 1. The van der Waals surface area contributed by atoms with Gasteiger partial charge in [-0.15, -0.1) is 0 Å². The van der Waals surface area contributed by atoms with Crippen molar-refractivity contribution in [2.24, 2.45) is 0 Å². The molecule has 0 unspecified atom stereocenters. The molecule has 0 spiro atoms. The summed E-state index contributed by atoms with van der Waals surface area (Å²) in [7, 11) is 0. The molecule has 278 valence electrons. The monoisotopic (exact) mass is 755 g/mol. The molecule has 0 saturated carbocycles. The number of aryl methyl sites for hydroxylation is 2. The molecular formula is C56H37NO2. The maximum atomic E-state index is 6.37. The van der Waals surface area contributed by atoms with E-state index in [9.17, 15) is 0 Å². The van der Waals surface area contributed by atoms with E-state index in [1.54, 1.807) is 0 Å². The van der Waals surface area contributed by atoms with Crippen LogP contribution in [-0.2, 0) is 0 Å². The van der Waals surface area contributed by atoms with Crippen molar-refractivity contribution in [3.8, 4) is 66.8 Å². The summed E-state index contributed by atoms with van der Waals surface area (Å²) in [5.74, 6) is 0. The predicted octanol–water partition coefficient (Wildman–Crippen LogP) is 16.2. The van der Waals surface area contributed by atoms with Gasteiger partial charge in [0.05, 0.1) is 0 Å². The number of anilines is 2. The van der Waals surface area contributed by atoms with E-state index >= 15 is 0 Å². The molecule has 0 radical (unpaired) electrons. The van der Waals surface area contributed by atoms with Gasteiger partial charge in [0.15, 0.2) is 0 Å². The lowest BCUT2D eigenvalue weighted by molar-refractivity contribution is 0.668. The molecule has 3 nitrogen and oxygen atoms in total. The zero-order valence-electron chi connectivity index (χ0n) is 32.6. The molecular weight excluding hydrogens is 719 g/mol. The minimum atomic E-state index is 0.891. The molecule has 1 aliphatic rings. The van der Waals surface area contributed by atoms with Crippen molar-refractivity contribution in [1.29, 1.82) is 0 Å². The van der Waals surface area contributed by atoms with E-state index in [1.165, 1.54) is 44.5 Å². The Morgan fingerprint density at radius 2 is 0.780 bits per heavy atom. The smallest absolute Gasteiger partial charge is 0.136 e. The van der Waals surface area contributed by atoms with E-state index < -0.39 is 0 Å². The van der Waals surface area contributed by atoms with Gasteiger partial charge in [-0.1, -0.05) is 127 Å². The zero-order valence-corrected chi connectivity index (χ0v) is 32.6. The Morgan fingerprint density at radius 1 is 0.322 bits per heavy atom. The van der Waals surface area contributed by atoms with Crippen molar-refractivity contribution in [3.05, 3.63) is 193 Å². The topological polar surface area (TPSA) is 38.3 Å². The summed E-state index contributed by atoms with van der Waals surface area (Å²) < 4.78 is 12.7. The Hall–Kier alpha value is -7.62. The van der Waals surface area contributed by atoms with E-state index in [4.69, 9.17) is 8.83 Å². The van der Waals surface area contributed by atoms with Crippen LogP contribution in [0.3, 0.4) is 0 Å². The van der Waals surface area contributed by atoms with Crippen LogP contribution in [0.5, 0.6) is 0 Å². The molecule has 3 heteroatoms. The third-order valence-electron chi connectivity index (χ3n) is 12.3. The van der Waals surface area contributed by atoms with Gasteiger partial charge < -0.3 is 14.2 Å². The minimum absolute atomic E-state index is 0.891. The first-order valence-corrected chi connectivity index (χ1v) is 20.2. The maximum absolute atomic E-state index is 6.37. The number of furan rings is 2. The van der Waals surface area contributed by atoms with E-state index in [2.05, 4.69) is 183 Å². The molecule has 0 saturated heterocycles. The van der Waals surface area contributed by atoms with Gasteiger partial charge in [0, 0.05) is 44.0 Å². The SMILES string of the molecule is Cc1ccccc1-c1c(C)cccc1-c1ccc2c(c1)-c1cc(-c3cccc4oc5ccccc5c34)ccc1-c1cc(-c3cccc4oc5ccccc5c34)ccc1N2. The highest BCUT2D eigenvalue weighted by molar-refractivity contribution is 6.15. The molecule has 12 rings (SSSR count). The molecule has 0 fully saturated rings. The highest BCUT2D eigenvalue weighted by Crippen LogP contribution is 2.50. The van der Waals surface area contributed by atoms with Crippen LogP contribution in [0.2, 0.25) is 0 Å². The van der Waals surface area contributed by atoms with Gasteiger partial charge >= 0.3 is 0 Å². The van der Waals surface area contributed by atoms with Gasteiger partial charge in [-0.25, -0.2) is 0 Å². The zero-order chi connectivity index (χ0) is 39.2. The van der Waals surface area contributed by atoms with Crippen molar-refractivity contribution < 1.29 is 8.83 Å². The molecule has 9 aromatic carbocycles. The second-order valence-electron chi connectivity index (χ2n) is 15.8. The average molecular weight is 756 g/mol. The van der Waals surface area contributed by atoms with Crippen LogP contribution < -0.4 is 5.32 Å². The van der Waals surface area contributed by atoms with E-state index in [-0.39, 0.29) is 0 Å². The molecule has 0 amide bonds. The minimum Gasteiger partial charge on any atom is -0.456 e. The van der Waals surface area contributed by atoms with Crippen LogP contribution in [0.1, 0.15) is 11.1 Å². The standard InChI is InChI=1S/C56H37NO2/c1-33-12-3-4-14-38(33)54-34(2)13-9-17-39(54)36-25-29-49-47(32-36)45-30-35(40-18-10-22-52-55(40)43-15-5-7-20-50(43)58-52)24-27-42(45)46-31-37(26-28-48(46)57-49)41-19-11-23-53-56(41)44-16-6-8-21-51(44)59-53/h3-32,57H,1-2H3. The maximum Gasteiger partial charge on any atom is 0.136 e. The van der Waals surface area contributed by atoms with Crippen LogP contribution >= 0.6 is 0 Å². The highest BCUT2D eigenvalue weighted by atomic mass is 16.3. The fourth-order valence-corrected chi connectivity index (χ4v) is 9.55. The number of rotatable bonds is 4. The van der Waals surface area contributed by atoms with Crippen molar-refractivity contribution in [3.63, 3.8) is 0 Å². The number of benzene rings is 9. The van der Waals surface area contributed by atoms with Gasteiger partial charge in [-0.3, -0.25) is 0 Å². The second-order valence-corrected chi connectivity index (χ2v) is 15.8. The summed E-state index contributed by atoms with van der Waals surface area (Å²) in [5, 5.41) is 8.43. The molecule has 1 N–H and O–H groups in total. The van der Waals surface area contributed by atoms with Gasteiger partial charge in [0.25, 0.3) is 0 Å². The Kier molecular flexibility index (Phi) is 7.36. The first-order valence-electron chi connectivity index (χ1n) is 20.2. The average Bonchev–Trinajstić information content (AvgIpc) is 3.82. The number of hydrogen-bond acceptors (Lipinski definition) is 3. The van der Waals surface area contributed by atoms with Crippen molar-refractivity contribution in [2.75, 3.05) is 5.32 Å². The Morgan fingerprint density at radius 3 is 1.42 bits per heavy atom. The van der Waals surface area contributed by atoms with E-state index in [1.807, 2.05) is 18.2 Å². The summed E-state index contributed by atoms with van der Waals surface area (Å²) in [6.07, 6.45) is 0. The second kappa shape index (κ2) is 13.0. The normalized spacial score (nSPS) is 12.0. The summed E-state index contributed by atoms with van der Waals surface area (Å²) >= 11 is 0. The lowest BCUT2D eigenvalue weighted by atomic mass is 9.86. The van der Waals surface area contributed by atoms with Crippen LogP contribution in [0.25, 0.3) is 111 Å². The third-order valence-corrected chi connectivity index (χ3v) is 12.3. The molecule has 0 bridgehead atoms. The van der Waals surface area contributed by atoms with Gasteiger partial charge in [0.2, 0.25) is 0 Å². The van der Waals surface area contributed by atoms with Crippen LogP contribution in [0.15, 0.2) is 191 Å². The Bertz CT molecular complexity index is 3510. The molecule has 3 heterocycles. The predicted molar refractivity (Wildman–Crippen MR) is 246 cm³/mol. The molecule has 11 aromatic rings. The van der Waals surface area contributed by atoms with E-state index in [0.717, 1.165) is 88.6 Å². The number of para-hydroxylation sites is 2. The van der Waals surface area contributed by atoms with Crippen LogP contribution in [-0.4, -0.2) is 0 Å². The summed E-state index contributed by atoms with van der Waals surface area (Å²) in [6.45, 7) is 4.42. The van der Waals surface area contributed by atoms with Gasteiger partial charge in [-0.2, -0.15) is 0 Å². The van der Waals surface area contributed by atoms with Crippen molar-refractivity contribution in [2.45, 2.75) is 13.8 Å². The van der Waals surface area contributed by atoms with E-state index in [0.29, 0.717) is 0 Å². The number of fused-ring (bicyclic) bond motifs is 11. The largest absolute Gasteiger partial charge is 0.456 e. The van der Waals surface area contributed by atoms with Crippen LogP contribution in [0.4, 0.5) is 11.4 Å². The molecule has 1 aliphatic heterocycles. The summed E-state index contributed by atoms with van der Waals surface area (Å²) in [5.41, 5.74) is 22.4. The first kappa shape index (κ1) is 33.5. The number of nitrogens with one attached hydrogen (secondary N) is 1. The van der Waals surface area contributed by atoms with Crippen molar-refractivity contribution in [1.82, 2.24) is 0 Å². The first-order chi connectivity index (χ1) is 29.1. The molecule has 0 atom stereocenters. The highest BCUT2D eigenvalue weighted by Gasteiger charge is 2.24. The molecule has 2 aromatic heterocycles.